The van der Waals surface area contributed by atoms with Gasteiger partial charge in [0.25, 0.3) is 0 Å². The molecule has 3 N–H and O–H groups in total. The van der Waals surface area contributed by atoms with E-state index in [1.54, 1.807) is 42.6 Å². The molecule has 0 bridgehead atoms. The number of hydrogen-bond acceptors (Lipinski definition) is 11. The van der Waals surface area contributed by atoms with E-state index in [1.807, 2.05) is 19.1 Å². The van der Waals surface area contributed by atoms with Gasteiger partial charge >= 0.3 is 5.97 Å². The summed E-state index contributed by atoms with van der Waals surface area (Å²) in [5, 5.41) is 15.9. The van der Waals surface area contributed by atoms with Crippen molar-refractivity contribution in [2.75, 3.05) is 24.9 Å². The summed E-state index contributed by atoms with van der Waals surface area (Å²) < 4.78 is 9.77. The molecule has 1 unspecified atom stereocenters. The Kier molecular flexibility index (Phi) is 7.19. The third-order valence-electron chi connectivity index (χ3n) is 4.89. The summed E-state index contributed by atoms with van der Waals surface area (Å²) in [5.41, 5.74) is 2.85. The second-order valence-electron chi connectivity index (χ2n) is 7.34. The lowest BCUT2D eigenvalue weighted by atomic mass is 10.2. The van der Waals surface area contributed by atoms with E-state index in [0.717, 1.165) is 5.69 Å². The van der Waals surface area contributed by atoms with Crippen molar-refractivity contribution in [3.63, 3.8) is 0 Å². The van der Waals surface area contributed by atoms with Crippen molar-refractivity contribution in [3.8, 4) is 11.5 Å². The molecule has 0 radical (unpaired) electrons. The van der Waals surface area contributed by atoms with Gasteiger partial charge < -0.3 is 25.2 Å². The third kappa shape index (κ3) is 5.72. The van der Waals surface area contributed by atoms with Crippen LogP contribution in [0.3, 0.4) is 0 Å². The van der Waals surface area contributed by atoms with E-state index in [1.165, 1.54) is 20.4 Å². The Morgan fingerprint density at radius 1 is 0.971 bits per heavy atom. The number of aliphatic hydroxyl groups excluding tert-OH is 1. The van der Waals surface area contributed by atoms with Gasteiger partial charge in [-0.1, -0.05) is 18.2 Å². The molecule has 35 heavy (non-hydrogen) atoms. The summed E-state index contributed by atoms with van der Waals surface area (Å²) in [6.45, 7) is 1.87. The van der Waals surface area contributed by atoms with E-state index in [-0.39, 0.29) is 11.4 Å². The first kappa shape index (κ1) is 23.7. The van der Waals surface area contributed by atoms with Crippen LogP contribution in [0.2, 0.25) is 0 Å². The van der Waals surface area contributed by atoms with Gasteiger partial charge in [0, 0.05) is 36.4 Å². The predicted octanol–water partition coefficient (Wildman–Crippen LogP) is 3.55. The number of carbonyl (C=O) groups is 1. The topological polar surface area (TPSA) is 144 Å². The van der Waals surface area contributed by atoms with Crippen LogP contribution in [0.4, 0.5) is 23.3 Å². The van der Waals surface area contributed by atoms with Gasteiger partial charge in [-0.25, -0.2) is 24.7 Å². The fraction of sp³-hybridized carbons (Fsp3) is 0.167. The fourth-order valence-corrected chi connectivity index (χ4v) is 3.13. The first-order chi connectivity index (χ1) is 17.0. The van der Waals surface area contributed by atoms with Gasteiger partial charge in [0.15, 0.2) is 12.1 Å². The maximum Gasteiger partial charge on any atom is 0.343 e. The standard InChI is InChI=1S/C24H23N7O4/c1-14-5-4-6-18(27-14)21-26-13-17(23(33)35-3)20(31-21)29-19-11-12-25-24(30-19)28-16-9-7-15(8-10-16)22(32)34-2/h4-13,22,32H,1-3H3,(H2,25,26,28,29,30,31). The minimum absolute atomic E-state index is 0.143. The van der Waals surface area contributed by atoms with Crippen molar-refractivity contribution in [1.82, 2.24) is 24.9 Å². The van der Waals surface area contributed by atoms with Gasteiger partial charge in [-0.2, -0.15) is 4.98 Å². The Morgan fingerprint density at radius 3 is 2.49 bits per heavy atom. The Bertz CT molecular complexity index is 1330. The maximum atomic E-state index is 12.3. The molecule has 0 aliphatic carbocycles. The van der Waals surface area contributed by atoms with Gasteiger partial charge in [0.2, 0.25) is 5.95 Å². The molecule has 0 aliphatic rings. The smallest absolute Gasteiger partial charge is 0.343 e. The van der Waals surface area contributed by atoms with Crippen molar-refractivity contribution < 1.29 is 19.4 Å². The van der Waals surface area contributed by atoms with Crippen molar-refractivity contribution in [1.29, 1.82) is 0 Å². The normalized spacial score (nSPS) is 11.5. The molecule has 0 fully saturated rings. The number of carbonyl (C=O) groups excluding carboxylic acids is 1. The van der Waals surface area contributed by atoms with Crippen LogP contribution in [0.1, 0.15) is 27.9 Å². The summed E-state index contributed by atoms with van der Waals surface area (Å²) in [4.78, 5) is 34.2. The monoisotopic (exact) mass is 473 g/mol. The zero-order valence-electron chi connectivity index (χ0n) is 19.3. The SMILES string of the molecule is COC(=O)c1cnc(-c2cccc(C)n2)nc1Nc1ccnc(Nc2ccc(C(O)OC)cc2)n1. The van der Waals surface area contributed by atoms with Crippen molar-refractivity contribution in [2.45, 2.75) is 13.2 Å². The molecule has 11 heteroatoms. The Labute approximate surface area is 201 Å². The molecular formula is C24H23N7O4. The third-order valence-corrected chi connectivity index (χ3v) is 4.89. The molecule has 4 rings (SSSR count). The van der Waals surface area contributed by atoms with Gasteiger partial charge in [0.05, 0.1) is 7.11 Å². The van der Waals surface area contributed by atoms with E-state index in [0.29, 0.717) is 34.5 Å². The number of ether oxygens (including phenoxy) is 2. The average molecular weight is 473 g/mol. The minimum Gasteiger partial charge on any atom is -0.465 e. The lowest BCUT2D eigenvalue weighted by Gasteiger charge is -2.12. The molecule has 3 heterocycles. The number of aliphatic hydroxyl groups is 1. The maximum absolute atomic E-state index is 12.3. The Balaban J connectivity index is 1.60. The molecule has 0 aliphatic heterocycles. The molecule has 1 atom stereocenters. The zero-order chi connectivity index (χ0) is 24.8. The number of pyridine rings is 1. The molecule has 0 spiro atoms. The van der Waals surface area contributed by atoms with Gasteiger partial charge in [0.1, 0.15) is 22.9 Å². The van der Waals surface area contributed by atoms with Crippen molar-refractivity contribution >= 4 is 29.2 Å². The van der Waals surface area contributed by atoms with Crippen LogP contribution in [0.15, 0.2) is 60.9 Å². The second-order valence-corrected chi connectivity index (χ2v) is 7.34. The highest BCUT2D eigenvalue weighted by atomic mass is 16.6. The van der Waals surface area contributed by atoms with Crippen LogP contribution in [-0.4, -0.2) is 50.2 Å². The van der Waals surface area contributed by atoms with Crippen molar-refractivity contribution in [3.05, 3.63) is 77.7 Å². The molecule has 11 nitrogen and oxygen atoms in total. The largest absolute Gasteiger partial charge is 0.465 e. The number of aromatic nitrogens is 5. The summed E-state index contributed by atoms with van der Waals surface area (Å²) in [7, 11) is 2.71. The van der Waals surface area contributed by atoms with E-state index in [4.69, 9.17) is 9.47 Å². The van der Waals surface area contributed by atoms with Crippen LogP contribution in [0.5, 0.6) is 0 Å². The van der Waals surface area contributed by atoms with Crippen molar-refractivity contribution in [2.24, 2.45) is 0 Å². The Hall–Kier alpha value is -4.48. The summed E-state index contributed by atoms with van der Waals surface area (Å²) in [6, 6.07) is 14.1. The number of nitrogens with one attached hydrogen (secondary N) is 2. The van der Waals surface area contributed by atoms with Crippen LogP contribution in [0.25, 0.3) is 11.5 Å². The van der Waals surface area contributed by atoms with E-state index in [2.05, 4.69) is 35.6 Å². The highest BCUT2D eigenvalue weighted by Gasteiger charge is 2.17. The molecule has 1 aromatic carbocycles. The Morgan fingerprint density at radius 2 is 1.77 bits per heavy atom. The highest BCUT2D eigenvalue weighted by molar-refractivity contribution is 5.95. The molecule has 4 aromatic rings. The van der Waals surface area contributed by atoms with Crippen LogP contribution in [-0.2, 0) is 9.47 Å². The molecule has 0 saturated carbocycles. The number of aryl methyl sites for hydroxylation is 1. The first-order valence-electron chi connectivity index (χ1n) is 10.5. The molecule has 178 valence electrons. The van der Waals surface area contributed by atoms with Gasteiger partial charge in [-0.3, -0.25) is 0 Å². The quantitative estimate of drug-likeness (QED) is 0.255. The highest BCUT2D eigenvalue weighted by Crippen LogP contribution is 2.23. The lowest BCUT2D eigenvalue weighted by Crippen LogP contribution is -2.10. The second kappa shape index (κ2) is 10.6. The zero-order valence-corrected chi connectivity index (χ0v) is 19.3. The number of esters is 1. The van der Waals surface area contributed by atoms with Gasteiger partial charge in [-0.05, 0) is 37.3 Å². The van der Waals surface area contributed by atoms with E-state index in [9.17, 15) is 9.90 Å². The number of nitrogens with zero attached hydrogens (tertiary/aromatic N) is 5. The molecular weight excluding hydrogens is 450 g/mol. The van der Waals surface area contributed by atoms with Crippen LogP contribution in [0, 0.1) is 6.92 Å². The molecule has 0 saturated heterocycles. The summed E-state index contributed by atoms with van der Waals surface area (Å²) >= 11 is 0. The van der Waals surface area contributed by atoms with E-state index >= 15 is 0 Å². The number of methoxy groups -OCH3 is 2. The lowest BCUT2D eigenvalue weighted by molar-refractivity contribution is -0.0769. The summed E-state index contributed by atoms with van der Waals surface area (Å²) in [6.07, 6.45) is 1.95. The number of benzene rings is 1. The van der Waals surface area contributed by atoms with Gasteiger partial charge in [-0.15, -0.1) is 0 Å². The molecule has 3 aromatic heterocycles. The number of rotatable bonds is 8. The van der Waals surface area contributed by atoms with Crippen LogP contribution < -0.4 is 10.6 Å². The average Bonchev–Trinajstić information content (AvgIpc) is 2.88. The van der Waals surface area contributed by atoms with Crippen LogP contribution >= 0.6 is 0 Å². The number of anilines is 4. The number of hydrogen-bond donors (Lipinski definition) is 3. The predicted molar refractivity (Wildman–Crippen MR) is 128 cm³/mol. The summed E-state index contributed by atoms with van der Waals surface area (Å²) in [5.74, 6) is 0.662. The minimum atomic E-state index is -0.996. The fourth-order valence-electron chi connectivity index (χ4n) is 3.13. The van der Waals surface area contributed by atoms with E-state index < -0.39 is 12.3 Å². The molecule has 0 amide bonds. The first-order valence-corrected chi connectivity index (χ1v) is 10.5.